The molecular formula is C15H17N5. The Morgan fingerprint density at radius 1 is 1.15 bits per heavy atom. The first-order valence-corrected chi connectivity index (χ1v) is 6.32. The quantitative estimate of drug-likeness (QED) is 0.684. The smallest absolute Gasteiger partial charge is 0.185 e. The van der Waals surface area contributed by atoms with Crippen molar-refractivity contribution in [3.63, 3.8) is 0 Å². The first-order valence-electron chi connectivity index (χ1n) is 6.32. The van der Waals surface area contributed by atoms with E-state index in [4.69, 9.17) is 5.26 Å². The molecule has 0 saturated carbocycles. The summed E-state index contributed by atoms with van der Waals surface area (Å²) < 4.78 is 0. The number of nitriles is 1. The average molecular weight is 267 g/mol. The molecule has 1 N–H and O–H groups in total. The summed E-state index contributed by atoms with van der Waals surface area (Å²) in [5.41, 5.74) is 4.73. The summed E-state index contributed by atoms with van der Waals surface area (Å²) in [5, 5.41) is 12.1. The molecule has 0 aliphatic heterocycles. The van der Waals surface area contributed by atoms with Crippen molar-refractivity contribution in [2.24, 2.45) is 0 Å². The number of nitrogens with one attached hydrogen (secondary N) is 1. The summed E-state index contributed by atoms with van der Waals surface area (Å²) in [5.74, 6) is 1.23. The van der Waals surface area contributed by atoms with Crippen LogP contribution in [-0.2, 0) is 0 Å². The van der Waals surface area contributed by atoms with Crippen LogP contribution in [0.5, 0.6) is 0 Å². The maximum atomic E-state index is 8.87. The minimum atomic E-state index is 0.562. The Morgan fingerprint density at radius 3 is 2.60 bits per heavy atom. The fourth-order valence-electron chi connectivity index (χ4n) is 1.88. The van der Waals surface area contributed by atoms with E-state index >= 15 is 0 Å². The lowest BCUT2D eigenvalue weighted by Crippen LogP contribution is -2.10. The number of nitrogens with zero attached hydrogens (tertiary/aromatic N) is 4. The standard InChI is InChI=1S/C15H17N5/c1-10-5-6-13(12(3)11(10)2)19-14-7-15(18-9-17-14)20(4)8-16/h5-7,9H,1-4H3,(H,17,18,19). The maximum absolute atomic E-state index is 8.87. The van der Waals surface area contributed by atoms with Crippen LogP contribution in [0.2, 0.25) is 0 Å². The largest absolute Gasteiger partial charge is 0.340 e. The second-order valence-electron chi connectivity index (χ2n) is 4.73. The van der Waals surface area contributed by atoms with E-state index in [1.165, 1.54) is 27.9 Å². The Kier molecular flexibility index (Phi) is 3.85. The minimum Gasteiger partial charge on any atom is -0.340 e. The van der Waals surface area contributed by atoms with Crippen LogP contribution in [0.15, 0.2) is 24.5 Å². The average Bonchev–Trinajstić information content (AvgIpc) is 2.47. The molecule has 0 aliphatic rings. The van der Waals surface area contributed by atoms with Gasteiger partial charge < -0.3 is 5.32 Å². The van der Waals surface area contributed by atoms with Crippen LogP contribution in [0.4, 0.5) is 17.3 Å². The lowest BCUT2D eigenvalue weighted by Gasteiger charge is -2.14. The number of hydrogen-bond donors (Lipinski definition) is 1. The highest BCUT2D eigenvalue weighted by Crippen LogP contribution is 2.25. The Labute approximate surface area is 118 Å². The maximum Gasteiger partial charge on any atom is 0.185 e. The molecule has 102 valence electrons. The highest BCUT2D eigenvalue weighted by molar-refractivity contribution is 5.65. The summed E-state index contributed by atoms with van der Waals surface area (Å²) in [4.78, 5) is 9.63. The van der Waals surface area contributed by atoms with Crippen LogP contribution in [0.1, 0.15) is 16.7 Å². The van der Waals surface area contributed by atoms with Gasteiger partial charge in [-0.15, -0.1) is 0 Å². The molecule has 0 unspecified atom stereocenters. The van der Waals surface area contributed by atoms with Crippen molar-refractivity contribution in [2.75, 3.05) is 17.3 Å². The molecule has 0 bridgehead atoms. The predicted molar refractivity (Wildman–Crippen MR) is 80.0 cm³/mol. The molecule has 2 rings (SSSR count). The van der Waals surface area contributed by atoms with Gasteiger partial charge in [0.2, 0.25) is 0 Å². The van der Waals surface area contributed by atoms with Gasteiger partial charge in [0.1, 0.15) is 18.0 Å². The molecule has 20 heavy (non-hydrogen) atoms. The van der Waals surface area contributed by atoms with Gasteiger partial charge in [0.05, 0.1) is 0 Å². The normalized spacial score (nSPS) is 9.95. The molecule has 0 aliphatic carbocycles. The number of rotatable bonds is 3. The van der Waals surface area contributed by atoms with Gasteiger partial charge in [-0.2, -0.15) is 5.26 Å². The van der Waals surface area contributed by atoms with Gasteiger partial charge in [0.15, 0.2) is 6.19 Å². The molecule has 0 amide bonds. The van der Waals surface area contributed by atoms with Gasteiger partial charge in [-0.1, -0.05) is 6.07 Å². The van der Waals surface area contributed by atoms with Crippen LogP contribution >= 0.6 is 0 Å². The first kappa shape index (κ1) is 13.8. The van der Waals surface area contributed by atoms with Crippen molar-refractivity contribution in [1.29, 1.82) is 5.26 Å². The highest BCUT2D eigenvalue weighted by atomic mass is 15.2. The second-order valence-corrected chi connectivity index (χ2v) is 4.73. The van der Waals surface area contributed by atoms with Gasteiger partial charge in [-0.05, 0) is 43.5 Å². The first-order chi connectivity index (χ1) is 9.52. The van der Waals surface area contributed by atoms with Crippen molar-refractivity contribution in [3.8, 4) is 6.19 Å². The van der Waals surface area contributed by atoms with E-state index < -0.39 is 0 Å². The van der Waals surface area contributed by atoms with E-state index in [1.54, 1.807) is 13.1 Å². The zero-order valence-corrected chi connectivity index (χ0v) is 12.1. The van der Waals surface area contributed by atoms with Gasteiger partial charge >= 0.3 is 0 Å². The third-order valence-corrected chi connectivity index (χ3v) is 3.47. The fourth-order valence-corrected chi connectivity index (χ4v) is 1.88. The molecule has 5 heteroatoms. The molecule has 0 saturated heterocycles. The van der Waals surface area contributed by atoms with Crippen molar-refractivity contribution in [1.82, 2.24) is 9.97 Å². The van der Waals surface area contributed by atoms with Crippen molar-refractivity contribution >= 4 is 17.3 Å². The Balaban J connectivity index is 2.32. The van der Waals surface area contributed by atoms with Crippen molar-refractivity contribution in [3.05, 3.63) is 41.2 Å². The SMILES string of the molecule is Cc1ccc(Nc2cc(N(C)C#N)ncn2)c(C)c1C. The number of hydrogen-bond acceptors (Lipinski definition) is 5. The predicted octanol–water partition coefficient (Wildman–Crippen LogP) is 3.06. The van der Waals surface area contributed by atoms with E-state index in [-0.39, 0.29) is 0 Å². The fraction of sp³-hybridized carbons (Fsp3) is 0.267. The summed E-state index contributed by atoms with van der Waals surface area (Å²) in [6.45, 7) is 6.27. The minimum absolute atomic E-state index is 0.562. The monoisotopic (exact) mass is 267 g/mol. The molecule has 0 spiro atoms. The van der Waals surface area contributed by atoms with E-state index in [0.717, 1.165) is 5.69 Å². The van der Waals surface area contributed by atoms with Crippen LogP contribution in [0.25, 0.3) is 0 Å². The molecule has 0 fully saturated rings. The van der Waals surface area contributed by atoms with Gasteiger partial charge in [-0.25, -0.2) is 9.97 Å². The molecule has 0 radical (unpaired) electrons. The molecule has 2 aromatic rings. The lowest BCUT2D eigenvalue weighted by molar-refractivity contribution is 1.08. The molecule has 0 atom stereocenters. The number of anilines is 3. The van der Waals surface area contributed by atoms with Crippen molar-refractivity contribution < 1.29 is 0 Å². The van der Waals surface area contributed by atoms with Crippen LogP contribution < -0.4 is 10.2 Å². The van der Waals surface area contributed by atoms with E-state index in [9.17, 15) is 0 Å². The summed E-state index contributed by atoms with van der Waals surface area (Å²) in [7, 11) is 1.66. The topological polar surface area (TPSA) is 64.8 Å². The van der Waals surface area contributed by atoms with Gasteiger partial charge in [0, 0.05) is 18.8 Å². The van der Waals surface area contributed by atoms with E-state index in [1.807, 2.05) is 12.3 Å². The highest BCUT2D eigenvalue weighted by Gasteiger charge is 2.07. The van der Waals surface area contributed by atoms with Crippen LogP contribution in [0, 0.1) is 32.2 Å². The lowest BCUT2D eigenvalue weighted by atomic mass is 10.0. The van der Waals surface area contributed by atoms with E-state index in [0.29, 0.717) is 11.6 Å². The van der Waals surface area contributed by atoms with Gasteiger partial charge in [-0.3, -0.25) is 4.90 Å². The van der Waals surface area contributed by atoms with Crippen LogP contribution in [-0.4, -0.2) is 17.0 Å². The van der Waals surface area contributed by atoms with E-state index in [2.05, 4.69) is 42.1 Å². The second kappa shape index (κ2) is 5.57. The molecule has 1 aromatic carbocycles. The molecule has 5 nitrogen and oxygen atoms in total. The molecular weight excluding hydrogens is 250 g/mol. The summed E-state index contributed by atoms with van der Waals surface area (Å²) in [6.07, 6.45) is 3.46. The Hall–Kier alpha value is -2.61. The van der Waals surface area contributed by atoms with Crippen LogP contribution in [0.3, 0.4) is 0 Å². The Bertz CT molecular complexity index is 672. The zero-order valence-electron chi connectivity index (χ0n) is 12.1. The molecule has 1 aromatic heterocycles. The third-order valence-electron chi connectivity index (χ3n) is 3.47. The number of aryl methyl sites for hydroxylation is 1. The summed E-state index contributed by atoms with van der Waals surface area (Å²) in [6, 6.07) is 5.86. The summed E-state index contributed by atoms with van der Waals surface area (Å²) >= 11 is 0. The van der Waals surface area contributed by atoms with Gasteiger partial charge in [0.25, 0.3) is 0 Å². The number of aromatic nitrogens is 2. The third kappa shape index (κ3) is 2.69. The van der Waals surface area contributed by atoms with Crippen molar-refractivity contribution in [2.45, 2.75) is 20.8 Å². The zero-order chi connectivity index (χ0) is 14.7. The number of benzene rings is 1. The molecule has 1 heterocycles. The Morgan fingerprint density at radius 2 is 1.90 bits per heavy atom.